The fraction of sp³-hybridized carbons (Fsp3) is 0.808. The molecule has 0 radical (unpaired) electrons. The van der Waals surface area contributed by atoms with E-state index < -0.39 is 5.41 Å². The standard InChI is InChI=1S/C26H42O5/c1-19(2)20-6-8-22-21(18-20)7-9-23-25(22,3)10-5-11-26(23,4)24(28)31-17-16-30-15-14-29-13-12-27/h7,18-19,22-23,27H,5-6,8-17H2,1-4H3/t22-,23?,25-,26+/m1/s1. The van der Waals surface area contributed by atoms with Crippen LogP contribution in [0.2, 0.25) is 0 Å². The van der Waals surface area contributed by atoms with E-state index >= 15 is 0 Å². The van der Waals surface area contributed by atoms with E-state index in [1.165, 1.54) is 24.8 Å². The highest BCUT2D eigenvalue weighted by Gasteiger charge is 2.57. The molecule has 1 fully saturated rings. The number of hydrogen-bond acceptors (Lipinski definition) is 5. The summed E-state index contributed by atoms with van der Waals surface area (Å²) in [6.07, 6.45) is 11.4. The molecule has 4 atom stereocenters. The lowest BCUT2D eigenvalue weighted by atomic mass is 9.47. The molecule has 0 saturated heterocycles. The third-order valence-corrected chi connectivity index (χ3v) is 8.11. The predicted octanol–water partition coefficient (Wildman–Crippen LogP) is 4.69. The molecule has 0 spiro atoms. The first-order valence-electron chi connectivity index (χ1n) is 12.2. The Bertz CT molecular complexity index is 681. The van der Waals surface area contributed by atoms with Gasteiger partial charge in [0.25, 0.3) is 0 Å². The number of hydrogen-bond donors (Lipinski definition) is 1. The Morgan fingerprint density at radius 3 is 2.55 bits per heavy atom. The van der Waals surface area contributed by atoms with Gasteiger partial charge >= 0.3 is 5.97 Å². The van der Waals surface area contributed by atoms with Crippen molar-refractivity contribution < 1.29 is 24.1 Å². The van der Waals surface area contributed by atoms with Crippen molar-refractivity contribution in [2.45, 2.75) is 66.2 Å². The van der Waals surface area contributed by atoms with E-state index in [2.05, 4.69) is 39.8 Å². The number of aliphatic hydroxyl groups excluding tert-OH is 1. The number of allylic oxidation sites excluding steroid dienone is 4. The second kappa shape index (κ2) is 10.6. The Morgan fingerprint density at radius 1 is 1.13 bits per heavy atom. The maximum Gasteiger partial charge on any atom is 0.312 e. The number of aliphatic hydroxyl groups is 1. The summed E-state index contributed by atoms with van der Waals surface area (Å²) in [5.74, 6) is 1.44. The first-order valence-corrected chi connectivity index (χ1v) is 12.2. The molecule has 1 N–H and O–H groups in total. The minimum atomic E-state index is -0.429. The molecule has 3 aliphatic rings. The monoisotopic (exact) mass is 434 g/mol. The molecule has 0 bridgehead atoms. The molecule has 176 valence electrons. The normalized spacial score (nSPS) is 32.7. The topological polar surface area (TPSA) is 65.0 Å². The van der Waals surface area contributed by atoms with Crippen molar-refractivity contribution >= 4 is 5.97 Å². The summed E-state index contributed by atoms with van der Waals surface area (Å²) >= 11 is 0. The number of esters is 1. The lowest BCUT2D eigenvalue weighted by Crippen LogP contribution is -2.53. The van der Waals surface area contributed by atoms with Crippen molar-refractivity contribution in [2.24, 2.45) is 28.6 Å². The fourth-order valence-corrected chi connectivity index (χ4v) is 6.33. The van der Waals surface area contributed by atoms with Crippen LogP contribution in [0.1, 0.15) is 66.2 Å². The predicted molar refractivity (Wildman–Crippen MR) is 122 cm³/mol. The van der Waals surface area contributed by atoms with Crippen molar-refractivity contribution in [1.29, 1.82) is 0 Å². The van der Waals surface area contributed by atoms with E-state index in [-0.39, 0.29) is 24.6 Å². The zero-order valence-electron chi connectivity index (χ0n) is 20.0. The van der Waals surface area contributed by atoms with Crippen molar-refractivity contribution in [3.8, 4) is 0 Å². The lowest BCUT2D eigenvalue weighted by molar-refractivity contribution is -0.171. The largest absolute Gasteiger partial charge is 0.463 e. The minimum absolute atomic E-state index is 0.0169. The fourth-order valence-electron chi connectivity index (χ4n) is 6.33. The summed E-state index contributed by atoms with van der Waals surface area (Å²) in [7, 11) is 0. The van der Waals surface area contributed by atoms with Crippen molar-refractivity contribution in [2.75, 3.05) is 39.6 Å². The highest BCUT2D eigenvalue weighted by Crippen LogP contribution is 2.62. The molecule has 0 heterocycles. The van der Waals surface area contributed by atoms with Gasteiger partial charge in [-0.2, -0.15) is 0 Å². The van der Waals surface area contributed by atoms with Gasteiger partial charge in [0.05, 0.1) is 38.4 Å². The van der Waals surface area contributed by atoms with E-state index in [1.807, 2.05) is 0 Å². The summed E-state index contributed by atoms with van der Waals surface area (Å²) in [4.78, 5) is 13.2. The zero-order valence-corrected chi connectivity index (χ0v) is 20.0. The van der Waals surface area contributed by atoms with Crippen LogP contribution in [0.5, 0.6) is 0 Å². The van der Waals surface area contributed by atoms with Crippen LogP contribution < -0.4 is 0 Å². The molecule has 0 aliphatic heterocycles. The minimum Gasteiger partial charge on any atom is -0.463 e. The number of carbonyl (C=O) groups is 1. The summed E-state index contributed by atoms with van der Waals surface area (Å²) in [5.41, 5.74) is 2.82. The molecule has 1 saturated carbocycles. The average molecular weight is 435 g/mol. The van der Waals surface area contributed by atoms with Crippen LogP contribution in [0.15, 0.2) is 23.3 Å². The van der Waals surface area contributed by atoms with E-state index in [4.69, 9.17) is 19.3 Å². The molecule has 5 heteroatoms. The molecule has 0 aromatic carbocycles. The van der Waals surface area contributed by atoms with Crippen LogP contribution in [0.3, 0.4) is 0 Å². The molecule has 0 aromatic heterocycles. The number of fused-ring (bicyclic) bond motifs is 3. The highest BCUT2D eigenvalue weighted by atomic mass is 16.6. The second-order valence-electron chi connectivity index (χ2n) is 10.3. The molecule has 0 amide bonds. The van der Waals surface area contributed by atoms with Gasteiger partial charge in [-0.15, -0.1) is 0 Å². The Balaban J connectivity index is 1.60. The Kier molecular flexibility index (Phi) is 8.39. The third-order valence-electron chi connectivity index (χ3n) is 8.11. The zero-order chi connectivity index (χ0) is 22.5. The molecule has 31 heavy (non-hydrogen) atoms. The van der Waals surface area contributed by atoms with Crippen LogP contribution in [0.25, 0.3) is 0 Å². The number of rotatable bonds is 10. The molecule has 1 unspecified atom stereocenters. The molecule has 3 rings (SSSR count). The van der Waals surface area contributed by atoms with Gasteiger partial charge in [0.15, 0.2) is 0 Å². The number of ether oxygens (including phenoxy) is 3. The molecular weight excluding hydrogens is 392 g/mol. The van der Waals surface area contributed by atoms with E-state index in [0.717, 1.165) is 19.3 Å². The van der Waals surface area contributed by atoms with E-state index in [1.54, 1.807) is 5.57 Å². The lowest BCUT2D eigenvalue weighted by Gasteiger charge is -2.57. The Hall–Kier alpha value is -1.17. The van der Waals surface area contributed by atoms with Gasteiger partial charge in [-0.05, 0) is 67.8 Å². The Morgan fingerprint density at radius 2 is 1.84 bits per heavy atom. The van der Waals surface area contributed by atoms with Crippen molar-refractivity contribution in [3.05, 3.63) is 23.3 Å². The number of carbonyl (C=O) groups excluding carboxylic acids is 1. The van der Waals surface area contributed by atoms with Gasteiger partial charge in [-0.3, -0.25) is 4.79 Å². The summed E-state index contributed by atoms with van der Waals surface area (Å²) < 4.78 is 16.4. The van der Waals surface area contributed by atoms with Gasteiger partial charge < -0.3 is 19.3 Å². The summed E-state index contributed by atoms with van der Waals surface area (Å²) in [6.45, 7) is 11.0. The van der Waals surface area contributed by atoms with Crippen LogP contribution in [0.4, 0.5) is 0 Å². The van der Waals surface area contributed by atoms with Gasteiger partial charge in [-0.25, -0.2) is 0 Å². The van der Waals surface area contributed by atoms with E-state index in [0.29, 0.717) is 44.2 Å². The maximum atomic E-state index is 13.2. The van der Waals surface area contributed by atoms with Crippen LogP contribution in [-0.4, -0.2) is 50.7 Å². The SMILES string of the molecule is CC(C)C1=CC2=CCC3[C@](C)(CCC[C@]3(C)C(=O)OCCOCCOCCO)[C@@H]2CC1. The third kappa shape index (κ3) is 5.26. The van der Waals surface area contributed by atoms with Gasteiger partial charge in [-0.1, -0.05) is 44.9 Å². The summed E-state index contributed by atoms with van der Waals surface area (Å²) in [6, 6.07) is 0. The van der Waals surface area contributed by atoms with Crippen molar-refractivity contribution in [3.63, 3.8) is 0 Å². The molecule has 0 aromatic rings. The van der Waals surface area contributed by atoms with Crippen LogP contribution in [0, 0.1) is 28.6 Å². The first kappa shape index (κ1) is 24.5. The Labute approximate surface area is 188 Å². The molecular formula is C26H42O5. The smallest absolute Gasteiger partial charge is 0.312 e. The maximum absolute atomic E-state index is 13.2. The van der Waals surface area contributed by atoms with Gasteiger partial charge in [0.1, 0.15) is 6.61 Å². The highest BCUT2D eigenvalue weighted by molar-refractivity contribution is 5.77. The van der Waals surface area contributed by atoms with Crippen molar-refractivity contribution in [1.82, 2.24) is 0 Å². The van der Waals surface area contributed by atoms with Gasteiger partial charge in [0, 0.05) is 0 Å². The second-order valence-corrected chi connectivity index (χ2v) is 10.3. The van der Waals surface area contributed by atoms with E-state index in [9.17, 15) is 4.79 Å². The quantitative estimate of drug-likeness (QED) is 0.399. The average Bonchev–Trinajstić information content (AvgIpc) is 2.75. The van der Waals surface area contributed by atoms with Crippen LogP contribution in [-0.2, 0) is 19.0 Å². The van der Waals surface area contributed by atoms with Gasteiger partial charge in [0.2, 0.25) is 0 Å². The molecule has 5 nitrogen and oxygen atoms in total. The first-order chi connectivity index (χ1) is 14.8. The molecule has 3 aliphatic carbocycles. The summed E-state index contributed by atoms with van der Waals surface area (Å²) in [5, 5.41) is 8.68. The van der Waals surface area contributed by atoms with Crippen LogP contribution >= 0.6 is 0 Å².